The number of hydrogen-bond donors (Lipinski definition) is 2. The molecular weight excluding hydrogens is 492 g/mol. The number of anilines is 1. The molecule has 0 bridgehead atoms. The Morgan fingerprint density at radius 1 is 1.08 bits per heavy atom. The number of amides is 1. The molecule has 4 aromatic rings. The van der Waals surface area contributed by atoms with Gasteiger partial charge in [0.15, 0.2) is 5.52 Å². The van der Waals surface area contributed by atoms with Crippen molar-refractivity contribution in [3.8, 4) is 23.2 Å². The normalized spacial score (nSPS) is 17.4. The Hall–Kier alpha value is -4.55. The van der Waals surface area contributed by atoms with E-state index < -0.39 is 5.54 Å². The first kappa shape index (κ1) is 24.8. The molecular formula is C30H28N6O3. The molecule has 2 N–H and O–H groups in total. The van der Waals surface area contributed by atoms with Crippen LogP contribution in [-0.2, 0) is 11.3 Å². The molecule has 2 aromatic heterocycles. The quantitative estimate of drug-likeness (QED) is 0.347. The first-order valence-corrected chi connectivity index (χ1v) is 13.1. The van der Waals surface area contributed by atoms with Crippen LogP contribution >= 0.6 is 0 Å². The van der Waals surface area contributed by atoms with Gasteiger partial charge < -0.3 is 20.1 Å². The molecule has 1 amide bonds. The molecule has 0 radical (unpaired) electrons. The summed E-state index contributed by atoms with van der Waals surface area (Å²) in [6.45, 7) is 3.80. The predicted molar refractivity (Wildman–Crippen MR) is 146 cm³/mol. The smallest absolute Gasteiger partial charge is 0.252 e. The van der Waals surface area contributed by atoms with Crippen LogP contribution in [0.15, 0.2) is 60.7 Å². The van der Waals surface area contributed by atoms with E-state index in [0.29, 0.717) is 66.7 Å². The SMILES string of the molecule is Cc1ccc(CNc2nc(O[C@H]3CCOC3)c3nc(-c4ccc(C(=O)NC5(C#N)CC5)cc4)ccc3n2)cc1. The summed E-state index contributed by atoms with van der Waals surface area (Å²) in [7, 11) is 0. The van der Waals surface area contributed by atoms with E-state index in [4.69, 9.17) is 14.5 Å². The van der Waals surface area contributed by atoms with Crippen LogP contribution in [0.1, 0.15) is 40.7 Å². The highest BCUT2D eigenvalue weighted by Crippen LogP contribution is 2.34. The number of nitrogens with zero attached hydrogens (tertiary/aromatic N) is 4. The number of pyridine rings is 1. The minimum atomic E-state index is -0.704. The van der Waals surface area contributed by atoms with Crippen molar-refractivity contribution >= 4 is 22.9 Å². The molecule has 196 valence electrons. The Labute approximate surface area is 226 Å². The van der Waals surface area contributed by atoms with E-state index in [0.717, 1.165) is 17.5 Å². The van der Waals surface area contributed by atoms with Crippen LogP contribution in [-0.4, -0.2) is 45.7 Å². The van der Waals surface area contributed by atoms with Crippen molar-refractivity contribution in [2.24, 2.45) is 0 Å². The molecule has 1 atom stereocenters. The van der Waals surface area contributed by atoms with Crippen LogP contribution in [0.4, 0.5) is 5.95 Å². The summed E-state index contributed by atoms with van der Waals surface area (Å²) in [6.07, 6.45) is 2.07. The lowest BCUT2D eigenvalue weighted by molar-refractivity contribution is 0.0941. The highest BCUT2D eigenvalue weighted by atomic mass is 16.5. The zero-order valence-electron chi connectivity index (χ0n) is 21.6. The second kappa shape index (κ2) is 10.3. The lowest BCUT2D eigenvalue weighted by Gasteiger charge is -2.15. The molecule has 2 aromatic carbocycles. The van der Waals surface area contributed by atoms with E-state index in [1.54, 1.807) is 12.1 Å². The molecule has 1 saturated heterocycles. The summed E-state index contributed by atoms with van der Waals surface area (Å²) >= 11 is 0. The maximum atomic E-state index is 12.6. The Balaban J connectivity index is 1.26. The van der Waals surface area contributed by atoms with Crippen LogP contribution < -0.4 is 15.4 Å². The molecule has 6 rings (SSSR count). The minimum absolute atomic E-state index is 0.0977. The second-order valence-electron chi connectivity index (χ2n) is 10.1. The van der Waals surface area contributed by atoms with Crippen molar-refractivity contribution in [1.82, 2.24) is 20.3 Å². The number of rotatable bonds is 8. The molecule has 0 spiro atoms. The summed E-state index contributed by atoms with van der Waals surface area (Å²) < 4.78 is 11.7. The summed E-state index contributed by atoms with van der Waals surface area (Å²) in [5, 5.41) is 15.4. The molecule has 1 saturated carbocycles. The van der Waals surface area contributed by atoms with Crippen LogP contribution in [0.2, 0.25) is 0 Å². The Morgan fingerprint density at radius 3 is 2.56 bits per heavy atom. The fourth-order valence-electron chi connectivity index (χ4n) is 4.43. The number of ether oxygens (including phenoxy) is 2. The highest BCUT2D eigenvalue weighted by Gasteiger charge is 2.44. The van der Waals surface area contributed by atoms with E-state index in [1.807, 2.05) is 24.3 Å². The van der Waals surface area contributed by atoms with Gasteiger partial charge in [0, 0.05) is 24.1 Å². The number of nitrogens with one attached hydrogen (secondary N) is 2. The standard InChI is InChI=1S/C30H28N6O3/c1-19-2-4-20(5-3-19)16-32-29-34-25-11-10-24(33-26(25)28(35-29)39-23-12-15-38-17-23)21-6-8-22(9-7-21)27(37)36-30(18-31)13-14-30/h2-11,23H,12-17H2,1H3,(H,36,37)(H,32,34,35)/t23-/m0/s1. The number of aromatic nitrogens is 3. The third-order valence-corrected chi connectivity index (χ3v) is 7.01. The average Bonchev–Trinajstić information content (AvgIpc) is 3.55. The number of hydrogen-bond acceptors (Lipinski definition) is 8. The van der Waals surface area contributed by atoms with E-state index in [1.165, 1.54) is 5.56 Å². The maximum Gasteiger partial charge on any atom is 0.252 e. The fourth-order valence-corrected chi connectivity index (χ4v) is 4.43. The van der Waals surface area contributed by atoms with Gasteiger partial charge in [-0.1, -0.05) is 42.0 Å². The number of carbonyl (C=O) groups is 1. The Bertz CT molecular complexity index is 1550. The average molecular weight is 521 g/mol. The van der Waals surface area contributed by atoms with Crippen molar-refractivity contribution in [1.29, 1.82) is 5.26 Å². The summed E-state index contributed by atoms with van der Waals surface area (Å²) in [4.78, 5) is 26.8. The van der Waals surface area contributed by atoms with Gasteiger partial charge in [-0.15, -0.1) is 0 Å². The summed E-state index contributed by atoms with van der Waals surface area (Å²) in [5.74, 6) is 0.624. The molecule has 9 heteroatoms. The molecule has 1 aliphatic heterocycles. The van der Waals surface area contributed by atoms with Crippen molar-refractivity contribution in [3.63, 3.8) is 0 Å². The van der Waals surface area contributed by atoms with Gasteiger partial charge in [0.05, 0.1) is 30.5 Å². The lowest BCUT2D eigenvalue weighted by Crippen LogP contribution is -2.35. The number of fused-ring (bicyclic) bond motifs is 1. The van der Waals surface area contributed by atoms with Gasteiger partial charge in [-0.05, 0) is 49.6 Å². The van der Waals surface area contributed by atoms with Gasteiger partial charge in [-0.25, -0.2) is 9.97 Å². The zero-order chi connectivity index (χ0) is 26.8. The van der Waals surface area contributed by atoms with Gasteiger partial charge in [-0.2, -0.15) is 10.2 Å². The number of aryl methyl sites for hydroxylation is 1. The van der Waals surface area contributed by atoms with Gasteiger partial charge >= 0.3 is 0 Å². The largest absolute Gasteiger partial charge is 0.470 e. The van der Waals surface area contributed by atoms with E-state index in [2.05, 4.69) is 57.9 Å². The van der Waals surface area contributed by atoms with Crippen molar-refractivity contribution in [2.45, 2.75) is 44.4 Å². The molecule has 39 heavy (non-hydrogen) atoms. The van der Waals surface area contributed by atoms with Crippen LogP contribution in [0.5, 0.6) is 5.88 Å². The zero-order valence-corrected chi connectivity index (χ0v) is 21.6. The first-order valence-electron chi connectivity index (χ1n) is 13.1. The van der Waals surface area contributed by atoms with Gasteiger partial charge in [0.1, 0.15) is 11.6 Å². The lowest BCUT2D eigenvalue weighted by atomic mass is 10.1. The van der Waals surface area contributed by atoms with E-state index in [9.17, 15) is 10.1 Å². The fraction of sp³-hybridized carbons (Fsp3) is 0.300. The molecule has 3 heterocycles. The second-order valence-corrected chi connectivity index (χ2v) is 10.1. The van der Waals surface area contributed by atoms with Gasteiger partial charge in [0.25, 0.3) is 5.91 Å². The number of carbonyl (C=O) groups excluding carboxylic acids is 1. The topological polar surface area (TPSA) is 122 Å². The first-order chi connectivity index (χ1) is 19.0. The van der Waals surface area contributed by atoms with E-state index >= 15 is 0 Å². The molecule has 0 unspecified atom stereocenters. The third kappa shape index (κ3) is 5.52. The van der Waals surface area contributed by atoms with Crippen LogP contribution in [0.25, 0.3) is 22.3 Å². The minimum Gasteiger partial charge on any atom is -0.470 e. The molecule has 2 fully saturated rings. The number of benzene rings is 2. The van der Waals surface area contributed by atoms with Crippen molar-refractivity contribution < 1.29 is 14.3 Å². The maximum absolute atomic E-state index is 12.6. The van der Waals surface area contributed by atoms with Gasteiger partial charge in [0.2, 0.25) is 11.8 Å². The molecule has 2 aliphatic rings. The Morgan fingerprint density at radius 2 is 1.87 bits per heavy atom. The predicted octanol–water partition coefficient (Wildman–Crippen LogP) is 4.57. The summed E-state index contributed by atoms with van der Waals surface area (Å²) in [5.41, 5.74) is 4.90. The number of nitriles is 1. The third-order valence-electron chi connectivity index (χ3n) is 7.01. The van der Waals surface area contributed by atoms with Crippen molar-refractivity contribution in [3.05, 3.63) is 77.4 Å². The van der Waals surface area contributed by atoms with E-state index in [-0.39, 0.29) is 12.0 Å². The molecule has 9 nitrogen and oxygen atoms in total. The Kier molecular flexibility index (Phi) is 6.55. The van der Waals surface area contributed by atoms with Crippen LogP contribution in [0.3, 0.4) is 0 Å². The summed E-state index contributed by atoms with van der Waals surface area (Å²) in [6, 6.07) is 21.5. The molecule has 1 aliphatic carbocycles. The van der Waals surface area contributed by atoms with Crippen LogP contribution in [0, 0.1) is 18.3 Å². The van der Waals surface area contributed by atoms with Gasteiger partial charge in [-0.3, -0.25) is 4.79 Å². The van der Waals surface area contributed by atoms with Crippen molar-refractivity contribution in [2.75, 3.05) is 18.5 Å². The highest BCUT2D eigenvalue weighted by molar-refractivity contribution is 5.95. The monoisotopic (exact) mass is 520 g/mol.